The van der Waals surface area contributed by atoms with E-state index in [-0.39, 0.29) is 22.6 Å². The number of aromatic nitrogens is 1. The lowest BCUT2D eigenvalue weighted by molar-refractivity contribution is -0.121. The molecule has 1 N–H and O–H groups in total. The second kappa shape index (κ2) is 8.93. The van der Waals surface area contributed by atoms with Gasteiger partial charge in [0.2, 0.25) is 15.9 Å². The van der Waals surface area contributed by atoms with Crippen LogP contribution in [0, 0.1) is 12.8 Å². The minimum absolute atomic E-state index is 0.0817. The molecular formula is C21H26N4O4S. The smallest absolute Gasteiger partial charge is 0.253 e. The van der Waals surface area contributed by atoms with Crippen LogP contribution in [-0.4, -0.2) is 61.6 Å². The summed E-state index contributed by atoms with van der Waals surface area (Å²) in [5, 5.41) is 2.84. The number of rotatable bonds is 5. The number of likely N-dealkylation sites (tertiary alicyclic amines) is 1. The molecule has 9 heteroatoms. The fraction of sp³-hybridized carbons (Fsp3) is 0.381. The van der Waals surface area contributed by atoms with Crippen LogP contribution in [0.4, 0.5) is 5.82 Å². The van der Waals surface area contributed by atoms with Gasteiger partial charge in [0, 0.05) is 44.9 Å². The number of hydrogen-bond donors (Lipinski definition) is 1. The van der Waals surface area contributed by atoms with Gasteiger partial charge in [-0.1, -0.05) is 6.07 Å². The van der Waals surface area contributed by atoms with Gasteiger partial charge in [-0.3, -0.25) is 9.59 Å². The molecule has 1 aromatic heterocycles. The number of hydrogen-bond acceptors (Lipinski definition) is 5. The zero-order chi connectivity index (χ0) is 21.9. The number of nitrogens with zero attached hydrogens (tertiary/aromatic N) is 3. The van der Waals surface area contributed by atoms with E-state index in [1.807, 2.05) is 19.1 Å². The van der Waals surface area contributed by atoms with Crippen molar-refractivity contribution in [3.63, 3.8) is 0 Å². The molecule has 8 nitrogen and oxygen atoms in total. The van der Waals surface area contributed by atoms with Gasteiger partial charge in [0.05, 0.1) is 4.90 Å². The Kier molecular flexibility index (Phi) is 6.52. The molecule has 1 saturated heterocycles. The van der Waals surface area contributed by atoms with Gasteiger partial charge in [0.25, 0.3) is 5.91 Å². The summed E-state index contributed by atoms with van der Waals surface area (Å²) in [5.74, 6) is -0.00137. The second-order valence-corrected chi connectivity index (χ2v) is 9.74. The van der Waals surface area contributed by atoms with Gasteiger partial charge >= 0.3 is 0 Å². The van der Waals surface area contributed by atoms with Crippen LogP contribution in [0.2, 0.25) is 0 Å². The third-order valence-corrected chi connectivity index (χ3v) is 6.99. The Morgan fingerprint density at radius 2 is 1.83 bits per heavy atom. The molecule has 2 aromatic rings. The molecule has 0 bridgehead atoms. The van der Waals surface area contributed by atoms with E-state index in [1.165, 1.54) is 26.2 Å². The predicted octanol–water partition coefficient (Wildman–Crippen LogP) is 2.13. The highest BCUT2D eigenvalue weighted by Gasteiger charge is 2.28. The number of piperidine rings is 1. The van der Waals surface area contributed by atoms with Crippen molar-refractivity contribution in [1.82, 2.24) is 14.2 Å². The molecule has 2 amide bonds. The van der Waals surface area contributed by atoms with Crippen LogP contribution >= 0.6 is 0 Å². The van der Waals surface area contributed by atoms with Crippen LogP contribution in [0.5, 0.6) is 0 Å². The summed E-state index contributed by atoms with van der Waals surface area (Å²) in [6.45, 7) is 2.80. The topological polar surface area (TPSA) is 99.7 Å². The first-order valence-corrected chi connectivity index (χ1v) is 11.2. The zero-order valence-electron chi connectivity index (χ0n) is 17.3. The molecule has 2 heterocycles. The molecule has 0 atom stereocenters. The maximum Gasteiger partial charge on any atom is 0.253 e. The van der Waals surface area contributed by atoms with Crippen molar-refractivity contribution in [2.45, 2.75) is 24.7 Å². The Balaban J connectivity index is 1.62. The van der Waals surface area contributed by atoms with Crippen LogP contribution in [0.1, 0.15) is 28.8 Å². The van der Waals surface area contributed by atoms with E-state index < -0.39 is 10.0 Å². The molecule has 30 heavy (non-hydrogen) atoms. The summed E-state index contributed by atoms with van der Waals surface area (Å²) in [5.41, 5.74) is 1.34. The van der Waals surface area contributed by atoms with E-state index in [0.717, 1.165) is 9.87 Å². The van der Waals surface area contributed by atoms with Crippen molar-refractivity contribution in [1.29, 1.82) is 0 Å². The van der Waals surface area contributed by atoms with Crippen molar-refractivity contribution in [3.05, 3.63) is 53.7 Å². The average molecular weight is 431 g/mol. The first-order valence-electron chi connectivity index (χ1n) is 9.74. The molecule has 0 spiro atoms. The molecule has 0 unspecified atom stereocenters. The Labute approximate surface area is 177 Å². The van der Waals surface area contributed by atoms with Gasteiger partial charge in [-0.25, -0.2) is 17.7 Å². The lowest BCUT2D eigenvalue weighted by Crippen LogP contribution is -2.41. The Morgan fingerprint density at radius 3 is 2.47 bits per heavy atom. The minimum atomic E-state index is -3.61. The number of aryl methyl sites for hydroxylation is 1. The van der Waals surface area contributed by atoms with Gasteiger partial charge in [-0.2, -0.15) is 0 Å². The van der Waals surface area contributed by atoms with Crippen LogP contribution < -0.4 is 5.32 Å². The summed E-state index contributed by atoms with van der Waals surface area (Å²) in [6, 6.07) is 9.73. The van der Waals surface area contributed by atoms with Crippen LogP contribution in [0.15, 0.2) is 47.5 Å². The molecule has 1 aliphatic rings. The van der Waals surface area contributed by atoms with Gasteiger partial charge in [0.15, 0.2) is 0 Å². The normalized spacial score (nSPS) is 15.3. The minimum Gasteiger partial charge on any atom is -0.339 e. The van der Waals surface area contributed by atoms with Crippen molar-refractivity contribution >= 4 is 27.7 Å². The lowest BCUT2D eigenvalue weighted by Gasteiger charge is -2.31. The number of pyridine rings is 1. The maximum absolute atomic E-state index is 12.9. The molecule has 0 radical (unpaired) electrons. The summed E-state index contributed by atoms with van der Waals surface area (Å²) in [6.07, 6.45) is 2.73. The summed E-state index contributed by atoms with van der Waals surface area (Å²) >= 11 is 0. The van der Waals surface area contributed by atoms with E-state index >= 15 is 0 Å². The van der Waals surface area contributed by atoms with Crippen LogP contribution in [0.25, 0.3) is 0 Å². The summed E-state index contributed by atoms with van der Waals surface area (Å²) < 4.78 is 25.8. The number of nitrogens with one attached hydrogen (secondary N) is 1. The molecule has 0 saturated carbocycles. The predicted molar refractivity (Wildman–Crippen MR) is 114 cm³/mol. The summed E-state index contributed by atoms with van der Waals surface area (Å²) in [7, 11) is -0.712. The highest BCUT2D eigenvalue weighted by Crippen LogP contribution is 2.22. The quantitative estimate of drug-likeness (QED) is 0.783. The zero-order valence-corrected chi connectivity index (χ0v) is 18.1. The van der Waals surface area contributed by atoms with Gasteiger partial charge in [-0.15, -0.1) is 0 Å². The molecule has 1 aromatic carbocycles. The van der Waals surface area contributed by atoms with E-state index in [4.69, 9.17) is 0 Å². The van der Waals surface area contributed by atoms with Crippen molar-refractivity contribution < 1.29 is 18.0 Å². The third kappa shape index (κ3) is 4.85. The second-order valence-electron chi connectivity index (χ2n) is 7.59. The van der Waals surface area contributed by atoms with Crippen LogP contribution in [0.3, 0.4) is 0 Å². The molecule has 1 fully saturated rings. The maximum atomic E-state index is 12.9. The highest BCUT2D eigenvalue weighted by molar-refractivity contribution is 7.89. The number of sulfonamides is 1. The van der Waals surface area contributed by atoms with E-state index in [0.29, 0.717) is 37.3 Å². The fourth-order valence-corrected chi connectivity index (χ4v) is 4.31. The van der Waals surface area contributed by atoms with E-state index in [1.54, 1.807) is 23.2 Å². The number of carbonyl (C=O) groups excluding carboxylic acids is 2. The van der Waals surface area contributed by atoms with Crippen molar-refractivity contribution in [2.75, 3.05) is 32.5 Å². The van der Waals surface area contributed by atoms with E-state index in [9.17, 15) is 18.0 Å². The Bertz CT molecular complexity index is 1040. The number of anilines is 1. The fourth-order valence-electron chi connectivity index (χ4n) is 3.36. The first kappa shape index (κ1) is 21.9. The number of carbonyl (C=O) groups is 2. The molecule has 160 valence electrons. The van der Waals surface area contributed by atoms with E-state index in [2.05, 4.69) is 10.3 Å². The molecular weight excluding hydrogens is 404 g/mol. The van der Waals surface area contributed by atoms with Gasteiger partial charge in [-0.05, 0) is 55.7 Å². The Hall–Kier alpha value is -2.78. The third-order valence-electron chi connectivity index (χ3n) is 5.18. The van der Waals surface area contributed by atoms with Gasteiger partial charge in [0.1, 0.15) is 5.82 Å². The SMILES string of the molecule is Cc1ccnc(NC(=O)C2CCN(C(=O)c3cccc(S(=O)(=O)N(C)C)c3)CC2)c1. The monoisotopic (exact) mass is 430 g/mol. The first-order chi connectivity index (χ1) is 14.2. The van der Waals surface area contributed by atoms with Crippen molar-refractivity contribution in [3.8, 4) is 0 Å². The van der Waals surface area contributed by atoms with Crippen molar-refractivity contribution in [2.24, 2.45) is 5.92 Å². The Morgan fingerprint density at radius 1 is 1.13 bits per heavy atom. The molecule has 3 rings (SSSR count). The lowest BCUT2D eigenvalue weighted by atomic mass is 9.95. The number of amides is 2. The van der Waals surface area contributed by atoms with Gasteiger partial charge < -0.3 is 10.2 Å². The molecule has 1 aliphatic heterocycles. The highest BCUT2D eigenvalue weighted by atomic mass is 32.2. The number of benzene rings is 1. The van der Waals surface area contributed by atoms with Crippen LogP contribution in [-0.2, 0) is 14.8 Å². The average Bonchev–Trinajstić information content (AvgIpc) is 2.73. The largest absolute Gasteiger partial charge is 0.339 e. The standard InChI is InChI=1S/C21H26N4O4S/c1-15-7-10-22-19(13-15)23-20(26)16-8-11-25(12-9-16)21(27)17-5-4-6-18(14-17)30(28,29)24(2)3/h4-7,10,13-14,16H,8-9,11-12H2,1-3H3,(H,22,23,26). The molecule has 0 aliphatic carbocycles. The summed E-state index contributed by atoms with van der Waals surface area (Å²) in [4.78, 5) is 31.3.